The number of hydrogen-bond acceptors (Lipinski definition) is 4. The van der Waals surface area contributed by atoms with Gasteiger partial charge >= 0.3 is 0 Å². The van der Waals surface area contributed by atoms with E-state index in [9.17, 15) is 13.2 Å². The molecule has 7 heteroatoms. The van der Waals surface area contributed by atoms with E-state index in [-0.39, 0.29) is 10.8 Å². The van der Waals surface area contributed by atoms with Gasteiger partial charge in [-0.15, -0.1) is 0 Å². The zero-order valence-electron chi connectivity index (χ0n) is 12.8. The summed E-state index contributed by atoms with van der Waals surface area (Å²) in [5, 5.41) is 2.94. The van der Waals surface area contributed by atoms with E-state index in [1.807, 2.05) is 25.1 Å². The number of rotatable bonds is 2. The second kappa shape index (κ2) is 5.68. The molecule has 0 saturated heterocycles. The molecule has 0 fully saturated rings. The Kier molecular flexibility index (Phi) is 3.83. The molecule has 0 unspecified atom stereocenters. The van der Waals surface area contributed by atoms with Gasteiger partial charge in [0.1, 0.15) is 4.90 Å². The number of hydrogen-bond donors (Lipinski definition) is 2. The molecule has 0 bridgehead atoms. The summed E-state index contributed by atoms with van der Waals surface area (Å²) in [7, 11) is -2.10. The van der Waals surface area contributed by atoms with Crippen molar-refractivity contribution in [3.8, 4) is 0 Å². The van der Waals surface area contributed by atoms with Crippen molar-refractivity contribution < 1.29 is 13.2 Å². The SMILES string of the molecule is Cc1cccc(N(C)C(=O)[C@@H]2Nc3ccccc3S(=O)(=O)N2)c1. The first-order valence-electron chi connectivity index (χ1n) is 7.10. The molecule has 120 valence electrons. The van der Waals surface area contributed by atoms with Gasteiger partial charge in [-0.2, -0.15) is 4.72 Å². The molecule has 2 aromatic rings. The Hall–Kier alpha value is -2.38. The summed E-state index contributed by atoms with van der Waals surface area (Å²) < 4.78 is 26.9. The Morgan fingerprint density at radius 1 is 1.13 bits per heavy atom. The number of nitrogens with zero attached hydrogens (tertiary/aromatic N) is 1. The van der Waals surface area contributed by atoms with E-state index in [0.717, 1.165) is 5.56 Å². The van der Waals surface area contributed by atoms with Gasteiger partial charge in [0.2, 0.25) is 10.0 Å². The lowest BCUT2D eigenvalue weighted by atomic mass is 10.2. The number of benzene rings is 2. The summed E-state index contributed by atoms with van der Waals surface area (Å²) in [6.07, 6.45) is -1.04. The second-order valence-corrected chi connectivity index (χ2v) is 7.11. The van der Waals surface area contributed by atoms with Crippen molar-refractivity contribution >= 4 is 27.3 Å². The van der Waals surface area contributed by atoms with Crippen LogP contribution in [0.2, 0.25) is 0 Å². The molecule has 1 heterocycles. The lowest BCUT2D eigenvalue weighted by molar-refractivity contribution is -0.119. The standard InChI is InChI=1S/C16H17N3O3S/c1-11-6-5-7-12(10-11)19(2)16(20)15-17-13-8-3-4-9-14(13)23(21,22)18-15/h3-10,15,17-18H,1-2H3/t15-/m1/s1. The molecular formula is C16H17N3O3S. The fourth-order valence-corrected chi connectivity index (χ4v) is 3.76. The second-order valence-electron chi connectivity index (χ2n) is 5.43. The van der Waals surface area contributed by atoms with Crippen LogP contribution in [0, 0.1) is 6.92 Å². The maximum atomic E-state index is 12.6. The van der Waals surface area contributed by atoms with Crippen LogP contribution < -0.4 is 14.9 Å². The fourth-order valence-electron chi connectivity index (χ4n) is 2.49. The van der Waals surface area contributed by atoms with Crippen molar-refractivity contribution in [3.05, 3.63) is 54.1 Å². The van der Waals surface area contributed by atoms with E-state index in [1.54, 1.807) is 31.3 Å². The number of fused-ring (bicyclic) bond motifs is 1. The molecule has 23 heavy (non-hydrogen) atoms. The molecule has 2 aromatic carbocycles. The smallest absolute Gasteiger partial charge is 0.265 e. The highest BCUT2D eigenvalue weighted by Crippen LogP contribution is 2.26. The molecule has 0 spiro atoms. The molecule has 1 atom stereocenters. The molecule has 6 nitrogen and oxygen atoms in total. The number of para-hydroxylation sites is 1. The number of sulfonamides is 1. The Morgan fingerprint density at radius 2 is 1.87 bits per heavy atom. The van der Waals surface area contributed by atoms with Crippen LogP contribution in [0.5, 0.6) is 0 Å². The Morgan fingerprint density at radius 3 is 2.61 bits per heavy atom. The van der Waals surface area contributed by atoms with Gasteiger partial charge in [-0.05, 0) is 36.8 Å². The average Bonchev–Trinajstić information content (AvgIpc) is 2.53. The Balaban J connectivity index is 1.90. The summed E-state index contributed by atoms with van der Waals surface area (Å²) in [5.74, 6) is -0.381. The predicted molar refractivity (Wildman–Crippen MR) is 88.8 cm³/mol. The van der Waals surface area contributed by atoms with Gasteiger partial charge in [0.05, 0.1) is 5.69 Å². The summed E-state index contributed by atoms with van der Waals surface area (Å²) in [5.41, 5.74) is 2.14. The summed E-state index contributed by atoms with van der Waals surface area (Å²) in [6.45, 7) is 1.93. The predicted octanol–water partition coefficient (Wildman–Crippen LogP) is 1.69. The molecule has 0 saturated carbocycles. The normalized spacial score (nSPS) is 18.6. The van der Waals surface area contributed by atoms with Crippen LogP contribution in [0.4, 0.5) is 11.4 Å². The minimum absolute atomic E-state index is 0.141. The first kappa shape index (κ1) is 15.5. The van der Waals surface area contributed by atoms with Crippen LogP contribution >= 0.6 is 0 Å². The van der Waals surface area contributed by atoms with Gasteiger partial charge in [0, 0.05) is 12.7 Å². The van der Waals surface area contributed by atoms with E-state index in [1.165, 1.54) is 11.0 Å². The lowest BCUT2D eigenvalue weighted by Crippen LogP contribution is -2.54. The summed E-state index contributed by atoms with van der Waals surface area (Å²) in [4.78, 5) is 14.2. The largest absolute Gasteiger partial charge is 0.360 e. The Labute approximate surface area is 135 Å². The first-order chi connectivity index (χ1) is 10.9. The number of nitrogens with one attached hydrogen (secondary N) is 2. The molecule has 1 amide bonds. The van der Waals surface area contributed by atoms with Crippen molar-refractivity contribution in [2.45, 2.75) is 18.0 Å². The van der Waals surface area contributed by atoms with Gasteiger partial charge < -0.3 is 10.2 Å². The van der Waals surface area contributed by atoms with Crippen LogP contribution in [0.1, 0.15) is 5.56 Å². The van der Waals surface area contributed by atoms with Crippen LogP contribution in [0.25, 0.3) is 0 Å². The van der Waals surface area contributed by atoms with Crippen molar-refractivity contribution in [1.29, 1.82) is 0 Å². The van der Waals surface area contributed by atoms with Gasteiger partial charge in [0.15, 0.2) is 6.17 Å². The van der Waals surface area contributed by atoms with Crippen molar-refractivity contribution in [3.63, 3.8) is 0 Å². The lowest BCUT2D eigenvalue weighted by Gasteiger charge is -2.30. The first-order valence-corrected chi connectivity index (χ1v) is 8.59. The monoisotopic (exact) mass is 331 g/mol. The number of anilines is 2. The van der Waals surface area contributed by atoms with Crippen LogP contribution in [0.15, 0.2) is 53.4 Å². The Bertz CT molecular complexity index is 864. The van der Waals surface area contributed by atoms with E-state index in [2.05, 4.69) is 10.0 Å². The van der Waals surface area contributed by atoms with E-state index in [0.29, 0.717) is 11.4 Å². The van der Waals surface area contributed by atoms with Gasteiger partial charge in [-0.1, -0.05) is 24.3 Å². The third kappa shape index (κ3) is 2.93. The van der Waals surface area contributed by atoms with Gasteiger partial charge in [-0.25, -0.2) is 8.42 Å². The number of likely N-dealkylation sites (N-methyl/N-ethyl adjacent to an activating group) is 1. The highest BCUT2D eigenvalue weighted by molar-refractivity contribution is 7.89. The zero-order chi connectivity index (χ0) is 16.6. The van der Waals surface area contributed by atoms with Crippen molar-refractivity contribution in [1.82, 2.24) is 4.72 Å². The fraction of sp³-hybridized carbons (Fsp3) is 0.188. The summed E-state index contributed by atoms with van der Waals surface area (Å²) in [6, 6.07) is 13.9. The highest BCUT2D eigenvalue weighted by Gasteiger charge is 2.34. The molecule has 1 aliphatic rings. The summed E-state index contributed by atoms with van der Waals surface area (Å²) >= 11 is 0. The molecule has 0 radical (unpaired) electrons. The van der Waals surface area contributed by atoms with Gasteiger partial charge in [0.25, 0.3) is 5.91 Å². The van der Waals surface area contributed by atoms with E-state index < -0.39 is 16.2 Å². The third-order valence-electron chi connectivity index (χ3n) is 3.72. The van der Waals surface area contributed by atoms with E-state index in [4.69, 9.17) is 0 Å². The average molecular weight is 331 g/mol. The van der Waals surface area contributed by atoms with Crippen molar-refractivity contribution in [2.75, 3.05) is 17.3 Å². The third-order valence-corrected chi connectivity index (χ3v) is 5.20. The van der Waals surface area contributed by atoms with E-state index >= 15 is 0 Å². The minimum atomic E-state index is -3.72. The molecule has 2 N–H and O–H groups in total. The maximum absolute atomic E-state index is 12.6. The van der Waals surface area contributed by atoms with Crippen LogP contribution in [-0.2, 0) is 14.8 Å². The highest BCUT2D eigenvalue weighted by atomic mass is 32.2. The van der Waals surface area contributed by atoms with Gasteiger partial charge in [-0.3, -0.25) is 4.79 Å². The van der Waals surface area contributed by atoms with Crippen LogP contribution in [0.3, 0.4) is 0 Å². The number of aryl methyl sites for hydroxylation is 1. The maximum Gasteiger partial charge on any atom is 0.265 e. The molecule has 0 aliphatic carbocycles. The number of amides is 1. The molecule has 1 aliphatic heterocycles. The molecule has 0 aromatic heterocycles. The zero-order valence-corrected chi connectivity index (χ0v) is 13.6. The number of carbonyl (C=O) groups excluding carboxylic acids is 1. The topological polar surface area (TPSA) is 78.5 Å². The molecular weight excluding hydrogens is 314 g/mol. The molecule has 3 rings (SSSR count). The van der Waals surface area contributed by atoms with Crippen LogP contribution in [-0.4, -0.2) is 27.5 Å². The number of carbonyl (C=O) groups is 1. The quantitative estimate of drug-likeness (QED) is 0.878. The van der Waals surface area contributed by atoms with Crippen molar-refractivity contribution in [2.24, 2.45) is 0 Å². The minimum Gasteiger partial charge on any atom is -0.360 e.